The van der Waals surface area contributed by atoms with Gasteiger partial charge in [-0.05, 0) is 0 Å². The summed E-state index contributed by atoms with van der Waals surface area (Å²) in [4.78, 5) is 0. The number of fused-ring (bicyclic) bond motifs is 4. The molecule has 5 aromatic rings. The van der Waals surface area contributed by atoms with Crippen LogP contribution in [-0.4, -0.2) is 0 Å². The summed E-state index contributed by atoms with van der Waals surface area (Å²) in [6.45, 7) is 18.3. The molecule has 3 heteroatoms. The normalized spacial score (nSPS) is 14.6. The Morgan fingerprint density at radius 3 is 1.76 bits per heavy atom. The molecule has 0 aromatic heterocycles. The van der Waals surface area contributed by atoms with Crippen molar-refractivity contribution in [3.63, 3.8) is 0 Å². The summed E-state index contributed by atoms with van der Waals surface area (Å²) in [7, 11) is 0. The van der Waals surface area contributed by atoms with Gasteiger partial charge < -0.3 is 0 Å². The third kappa shape index (κ3) is 6.49. The van der Waals surface area contributed by atoms with E-state index < -0.39 is 20.3 Å². The fraction of sp³-hybridized carbons (Fsp3) is 0.333. The van der Waals surface area contributed by atoms with Gasteiger partial charge in [-0.15, -0.1) is 0 Å². The summed E-state index contributed by atoms with van der Waals surface area (Å²) in [5, 5.41) is 1.71. The van der Waals surface area contributed by atoms with Crippen molar-refractivity contribution in [2.75, 3.05) is 0 Å². The molecule has 0 fully saturated rings. The van der Waals surface area contributed by atoms with E-state index in [0.717, 1.165) is 22.0 Å². The number of hydrogen-bond donors (Lipinski definition) is 0. The van der Waals surface area contributed by atoms with Crippen LogP contribution in [0.1, 0.15) is 98.8 Å². The summed E-state index contributed by atoms with van der Waals surface area (Å²) in [6, 6.07) is 26.0. The second-order valence-corrected chi connectivity index (χ2v) is 27.5. The van der Waals surface area contributed by atoms with Gasteiger partial charge in [0.25, 0.3) is 0 Å². The van der Waals surface area contributed by atoms with Crippen molar-refractivity contribution < 1.29 is 20.3 Å². The van der Waals surface area contributed by atoms with E-state index in [1.54, 1.807) is 8.83 Å². The zero-order chi connectivity index (χ0) is 36.2. The first-order valence-electron chi connectivity index (χ1n) is 19.1. The van der Waals surface area contributed by atoms with E-state index in [0.29, 0.717) is 3.63 Å². The van der Waals surface area contributed by atoms with Crippen molar-refractivity contribution in [2.24, 2.45) is 0 Å². The van der Waals surface area contributed by atoms with Gasteiger partial charge in [0.05, 0.1) is 0 Å². The van der Waals surface area contributed by atoms with Crippen LogP contribution < -0.4 is 3.27 Å². The first-order valence-corrected chi connectivity index (χ1v) is 26.0. The molecular formula is C48H52Cl2Zr. The van der Waals surface area contributed by atoms with Crippen molar-refractivity contribution in [2.45, 2.75) is 99.4 Å². The molecular weight excluding hydrogens is 739 g/mol. The number of halogens is 2. The van der Waals surface area contributed by atoms with Gasteiger partial charge in [0.2, 0.25) is 0 Å². The summed E-state index contributed by atoms with van der Waals surface area (Å²) in [5.74, 6) is 0. The van der Waals surface area contributed by atoms with E-state index in [-0.39, 0.29) is 0 Å². The Hall–Kier alpha value is -2.70. The first-order chi connectivity index (χ1) is 24.5. The quantitative estimate of drug-likeness (QED) is 0.130. The third-order valence-electron chi connectivity index (χ3n) is 12.0. The molecule has 2 aliphatic carbocycles. The van der Waals surface area contributed by atoms with Crippen LogP contribution in [0.3, 0.4) is 0 Å². The molecule has 0 heterocycles. The fourth-order valence-electron chi connectivity index (χ4n) is 9.96. The van der Waals surface area contributed by atoms with Gasteiger partial charge >= 0.3 is 324 Å². The minimum atomic E-state index is -3.44. The number of rotatable bonds is 10. The Morgan fingerprint density at radius 2 is 1.18 bits per heavy atom. The molecule has 0 aliphatic heterocycles. The summed E-state index contributed by atoms with van der Waals surface area (Å²) in [5.41, 5.74) is 21.9. The number of hydrogen-bond acceptors (Lipinski definition) is 0. The molecule has 0 amide bonds. The molecule has 5 aromatic carbocycles. The summed E-state index contributed by atoms with van der Waals surface area (Å²) < 4.78 is 4.70. The Balaban J connectivity index is 1.55. The molecule has 1 unspecified atom stereocenters. The third-order valence-corrected chi connectivity index (χ3v) is 26.6. The van der Waals surface area contributed by atoms with E-state index in [4.69, 9.17) is 23.2 Å². The molecule has 7 rings (SSSR count). The van der Waals surface area contributed by atoms with Crippen LogP contribution in [0.2, 0.25) is 18.3 Å². The van der Waals surface area contributed by atoms with E-state index in [9.17, 15) is 0 Å². The number of benzene rings is 5. The first kappa shape index (κ1) is 36.7. The van der Waals surface area contributed by atoms with Crippen LogP contribution in [0.4, 0.5) is 0 Å². The van der Waals surface area contributed by atoms with E-state index in [1.807, 2.05) is 12.1 Å². The van der Waals surface area contributed by atoms with Crippen molar-refractivity contribution in [1.82, 2.24) is 0 Å². The Kier molecular flexibility index (Phi) is 10.5. The van der Waals surface area contributed by atoms with Gasteiger partial charge in [-0.1, -0.05) is 0 Å². The van der Waals surface area contributed by atoms with Crippen LogP contribution in [0.25, 0.3) is 39.5 Å². The topological polar surface area (TPSA) is 0 Å². The molecule has 1 atom stereocenters. The van der Waals surface area contributed by atoms with Crippen LogP contribution in [0, 0.1) is 41.5 Å². The molecule has 0 saturated heterocycles. The molecule has 51 heavy (non-hydrogen) atoms. The molecule has 0 spiro atoms. The molecule has 0 nitrogen and oxygen atoms in total. The number of allylic oxidation sites excluding steroid dienone is 1. The van der Waals surface area contributed by atoms with Crippen molar-refractivity contribution in [3.8, 4) is 33.4 Å². The summed E-state index contributed by atoms with van der Waals surface area (Å²) in [6.07, 6.45) is 10.8. The van der Waals surface area contributed by atoms with E-state index in [1.165, 1.54) is 112 Å². The number of aryl methyl sites for hydroxylation is 6. The van der Waals surface area contributed by atoms with Gasteiger partial charge in [0.15, 0.2) is 0 Å². The average Bonchev–Trinajstić information content (AvgIpc) is 3.69. The maximum absolute atomic E-state index is 7.22. The maximum atomic E-state index is 7.22. The zero-order valence-electron chi connectivity index (χ0n) is 31.8. The Morgan fingerprint density at radius 1 is 0.627 bits per heavy atom. The monoisotopic (exact) mass is 788 g/mol. The van der Waals surface area contributed by atoms with Crippen LogP contribution in [-0.2, 0) is 26.7 Å². The van der Waals surface area contributed by atoms with Crippen LogP contribution in [0.15, 0.2) is 72.8 Å². The Labute approximate surface area is 321 Å². The van der Waals surface area contributed by atoms with Gasteiger partial charge in [-0.25, -0.2) is 0 Å². The summed E-state index contributed by atoms with van der Waals surface area (Å²) >= 11 is 10.7. The zero-order valence-corrected chi connectivity index (χ0v) is 35.8. The fourth-order valence-corrected chi connectivity index (χ4v) is 26.2. The average molecular weight is 791 g/mol. The molecule has 0 N–H and O–H groups in total. The van der Waals surface area contributed by atoms with Crippen molar-refractivity contribution >= 4 is 32.5 Å². The standard InChI is InChI=1S/C31H29.C9H5Cl2.2C4H9.Zr/c1-18-11-20(3)30(21(4)12-18)26-9-7-24-15-25-8-10-27(17-29(25)28(24)16-26)31-22(5)13-19(2)14-23(31)6;10-8-4-5-9(11)7-3-1-2-6(7)8;2*1-3-4-2;/h7,9-14,16-17H,15H2,1-6H3;1-5H;2*1,3-4H2,2H3;. The molecule has 0 bridgehead atoms. The predicted molar refractivity (Wildman–Crippen MR) is 221 cm³/mol. The predicted octanol–water partition coefficient (Wildman–Crippen LogP) is 14.7. The second kappa shape index (κ2) is 14.6. The number of unbranched alkanes of at least 4 members (excludes halogenated alkanes) is 2. The van der Waals surface area contributed by atoms with Crippen LogP contribution >= 0.6 is 23.2 Å². The SMILES string of the molecule is CCC[CH2][Zr]([CH2]CCC)([c]1cc(-c2c(C)cc(C)cc2C)cc2c1Cc1ccc(-c3c(C)cc(C)cc3C)cc1-2)[CH]1C=Cc2c(Cl)ccc(Cl)c21. The minimum absolute atomic E-state index is 0.357. The van der Waals surface area contributed by atoms with Gasteiger partial charge in [-0.3, -0.25) is 0 Å². The van der Waals surface area contributed by atoms with Crippen molar-refractivity contribution in [1.29, 1.82) is 0 Å². The van der Waals surface area contributed by atoms with E-state index in [2.05, 4.69) is 122 Å². The van der Waals surface area contributed by atoms with Crippen molar-refractivity contribution in [3.05, 3.63) is 138 Å². The van der Waals surface area contributed by atoms with E-state index >= 15 is 0 Å². The molecule has 262 valence electrons. The van der Waals surface area contributed by atoms with Gasteiger partial charge in [-0.2, -0.15) is 0 Å². The van der Waals surface area contributed by atoms with Crippen LogP contribution in [0.5, 0.6) is 0 Å². The molecule has 2 aliphatic rings. The molecule has 0 saturated carbocycles. The Bertz CT molecular complexity index is 2150. The van der Waals surface area contributed by atoms with Gasteiger partial charge in [0, 0.05) is 0 Å². The second-order valence-electron chi connectivity index (χ2n) is 15.7. The molecule has 0 radical (unpaired) electrons. The van der Waals surface area contributed by atoms with Gasteiger partial charge in [0.1, 0.15) is 0 Å².